The van der Waals surface area contributed by atoms with Gasteiger partial charge in [-0.05, 0) is 30.7 Å². The van der Waals surface area contributed by atoms with Gasteiger partial charge in [-0.15, -0.1) is 11.3 Å². The number of rotatable bonds is 4. The summed E-state index contributed by atoms with van der Waals surface area (Å²) in [7, 11) is 0. The van der Waals surface area contributed by atoms with Crippen LogP contribution in [0.1, 0.15) is 13.3 Å². The van der Waals surface area contributed by atoms with E-state index in [9.17, 15) is 0 Å². The van der Waals surface area contributed by atoms with Crippen molar-refractivity contribution in [2.45, 2.75) is 13.3 Å². The highest BCUT2D eigenvalue weighted by atomic mass is 32.1. The van der Waals surface area contributed by atoms with Gasteiger partial charge >= 0.3 is 0 Å². The molecule has 1 aromatic heterocycles. The quantitative estimate of drug-likeness (QED) is 0.847. The molecule has 0 amide bonds. The zero-order valence-corrected chi connectivity index (χ0v) is 9.55. The van der Waals surface area contributed by atoms with Crippen molar-refractivity contribution in [3.8, 4) is 10.6 Å². The number of hydrogen-bond donors (Lipinski definition) is 1. The molecule has 0 aliphatic rings. The minimum Gasteiger partial charge on any atom is -0.385 e. The molecule has 0 saturated carbocycles. The van der Waals surface area contributed by atoms with Crippen LogP contribution in [0, 0.1) is 0 Å². The molecule has 0 saturated heterocycles. The highest BCUT2D eigenvalue weighted by Crippen LogP contribution is 2.22. The predicted octanol–water partition coefficient (Wildman–Crippen LogP) is 3.63. The van der Waals surface area contributed by atoms with E-state index in [1.807, 2.05) is 11.6 Å². The first kappa shape index (κ1) is 10.2. The number of anilines is 1. The van der Waals surface area contributed by atoms with Crippen LogP contribution in [0.2, 0.25) is 0 Å². The molecule has 0 fully saturated rings. The molecular weight excluding hydrogens is 204 g/mol. The van der Waals surface area contributed by atoms with Crippen molar-refractivity contribution in [3.05, 3.63) is 35.8 Å². The van der Waals surface area contributed by atoms with Gasteiger partial charge in [0.1, 0.15) is 5.01 Å². The SMILES string of the molecule is CCCNc1ccc(-c2nccs2)cc1. The Morgan fingerprint density at radius 2 is 2.07 bits per heavy atom. The molecule has 15 heavy (non-hydrogen) atoms. The molecule has 1 N–H and O–H groups in total. The summed E-state index contributed by atoms with van der Waals surface area (Å²) in [5.41, 5.74) is 2.37. The fourth-order valence-electron chi connectivity index (χ4n) is 1.37. The molecule has 2 rings (SSSR count). The second kappa shape index (κ2) is 4.94. The lowest BCUT2D eigenvalue weighted by Crippen LogP contribution is -1.98. The Morgan fingerprint density at radius 1 is 1.27 bits per heavy atom. The van der Waals surface area contributed by atoms with Crippen LogP contribution in [0.3, 0.4) is 0 Å². The van der Waals surface area contributed by atoms with E-state index in [2.05, 4.69) is 41.5 Å². The Morgan fingerprint density at radius 3 is 2.67 bits per heavy atom. The molecule has 1 aromatic carbocycles. The van der Waals surface area contributed by atoms with Crippen molar-refractivity contribution >= 4 is 17.0 Å². The Balaban J connectivity index is 2.11. The summed E-state index contributed by atoms with van der Waals surface area (Å²) < 4.78 is 0. The van der Waals surface area contributed by atoms with Crippen molar-refractivity contribution in [3.63, 3.8) is 0 Å². The second-order valence-electron chi connectivity index (χ2n) is 3.34. The van der Waals surface area contributed by atoms with Crippen LogP contribution in [0.5, 0.6) is 0 Å². The summed E-state index contributed by atoms with van der Waals surface area (Å²) in [5, 5.41) is 6.43. The van der Waals surface area contributed by atoms with Crippen LogP contribution in [0.15, 0.2) is 35.8 Å². The number of nitrogens with one attached hydrogen (secondary N) is 1. The number of benzene rings is 1. The maximum atomic E-state index is 4.28. The first-order chi connectivity index (χ1) is 7.40. The molecule has 0 bridgehead atoms. The van der Waals surface area contributed by atoms with E-state index < -0.39 is 0 Å². The molecule has 0 atom stereocenters. The molecule has 1 heterocycles. The average Bonchev–Trinajstić information content (AvgIpc) is 2.80. The standard InChI is InChI=1S/C12H14N2S/c1-2-7-13-11-5-3-10(4-6-11)12-14-8-9-15-12/h3-6,8-9,13H,2,7H2,1H3. The van der Waals surface area contributed by atoms with Crippen LogP contribution < -0.4 is 5.32 Å². The highest BCUT2D eigenvalue weighted by molar-refractivity contribution is 7.13. The third-order valence-electron chi connectivity index (χ3n) is 2.14. The lowest BCUT2D eigenvalue weighted by Gasteiger charge is -2.04. The zero-order chi connectivity index (χ0) is 10.5. The largest absolute Gasteiger partial charge is 0.385 e. The molecule has 2 nitrogen and oxygen atoms in total. The van der Waals surface area contributed by atoms with Crippen molar-refractivity contribution in [1.29, 1.82) is 0 Å². The molecule has 0 unspecified atom stereocenters. The summed E-state index contributed by atoms with van der Waals surface area (Å²) in [6.45, 7) is 3.19. The maximum absolute atomic E-state index is 4.28. The second-order valence-corrected chi connectivity index (χ2v) is 4.24. The lowest BCUT2D eigenvalue weighted by atomic mass is 10.2. The number of thiazole rings is 1. The van der Waals surface area contributed by atoms with Gasteiger partial charge in [0.2, 0.25) is 0 Å². The molecule has 78 valence electrons. The fraction of sp³-hybridized carbons (Fsp3) is 0.250. The number of aromatic nitrogens is 1. The summed E-state index contributed by atoms with van der Waals surface area (Å²) >= 11 is 1.67. The van der Waals surface area contributed by atoms with Gasteiger partial charge in [0.25, 0.3) is 0 Å². The summed E-state index contributed by atoms with van der Waals surface area (Å²) in [6.07, 6.45) is 2.98. The normalized spacial score (nSPS) is 10.2. The average molecular weight is 218 g/mol. The van der Waals surface area contributed by atoms with Gasteiger partial charge in [-0.3, -0.25) is 0 Å². The van der Waals surface area contributed by atoms with Gasteiger partial charge in [0, 0.05) is 29.4 Å². The highest BCUT2D eigenvalue weighted by Gasteiger charge is 1.99. The summed E-state index contributed by atoms with van der Waals surface area (Å²) in [6, 6.07) is 8.42. The Kier molecular flexibility index (Phi) is 3.35. The first-order valence-corrected chi connectivity index (χ1v) is 6.02. The molecule has 0 spiro atoms. The van der Waals surface area contributed by atoms with Gasteiger partial charge in [-0.1, -0.05) is 6.92 Å². The third kappa shape index (κ3) is 2.57. The smallest absolute Gasteiger partial charge is 0.123 e. The van der Waals surface area contributed by atoms with E-state index in [0.29, 0.717) is 0 Å². The molecule has 0 aliphatic heterocycles. The van der Waals surface area contributed by atoms with Crippen molar-refractivity contribution in [1.82, 2.24) is 4.98 Å². The van der Waals surface area contributed by atoms with Gasteiger partial charge in [0.15, 0.2) is 0 Å². The predicted molar refractivity (Wildman–Crippen MR) is 66.3 cm³/mol. The van der Waals surface area contributed by atoms with Crippen molar-refractivity contribution in [2.75, 3.05) is 11.9 Å². The fourth-order valence-corrected chi connectivity index (χ4v) is 2.01. The van der Waals surface area contributed by atoms with Gasteiger partial charge < -0.3 is 5.32 Å². The molecular formula is C12H14N2S. The number of nitrogens with zero attached hydrogens (tertiary/aromatic N) is 1. The van der Waals surface area contributed by atoms with E-state index in [0.717, 1.165) is 18.0 Å². The van der Waals surface area contributed by atoms with E-state index >= 15 is 0 Å². The van der Waals surface area contributed by atoms with E-state index in [-0.39, 0.29) is 0 Å². The van der Waals surface area contributed by atoms with Crippen LogP contribution in [0.4, 0.5) is 5.69 Å². The molecule has 2 aromatic rings. The topological polar surface area (TPSA) is 24.9 Å². The minimum absolute atomic E-state index is 1.02. The van der Waals surface area contributed by atoms with Crippen LogP contribution >= 0.6 is 11.3 Å². The van der Waals surface area contributed by atoms with E-state index in [1.54, 1.807) is 11.3 Å². The molecule has 0 aliphatic carbocycles. The van der Waals surface area contributed by atoms with Gasteiger partial charge in [-0.2, -0.15) is 0 Å². The van der Waals surface area contributed by atoms with Crippen molar-refractivity contribution in [2.24, 2.45) is 0 Å². The third-order valence-corrected chi connectivity index (χ3v) is 2.97. The van der Waals surface area contributed by atoms with Crippen LogP contribution in [-0.4, -0.2) is 11.5 Å². The zero-order valence-electron chi connectivity index (χ0n) is 8.73. The Hall–Kier alpha value is -1.35. The van der Waals surface area contributed by atoms with E-state index in [4.69, 9.17) is 0 Å². The summed E-state index contributed by atoms with van der Waals surface area (Å²) in [5.74, 6) is 0. The number of hydrogen-bond acceptors (Lipinski definition) is 3. The summed E-state index contributed by atoms with van der Waals surface area (Å²) in [4.78, 5) is 4.28. The van der Waals surface area contributed by atoms with Crippen LogP contribution in [0.25, 0.3) is 10.6 Å². The Labute approximate surface area is 94.0 Å². The molecule has 0 radical (unpaired) electrons. The minimum atomic E-state index is 1.02. The first-order valence-electron chi connectivity index (χ1n) is 5.14. The maximum Gasteiger partial charge on any atom is 0.123 e. The monoisotopic (exact) mass is 218 g/mol. The van der Waals surface area contributed by atoms with Gasteiger partial charge in [-0.25, -0.2) is 4.98 Å². The molecule has 3 heteroatoms. The van der Waals surface area contributed by atoms with Gasteiger partial charge in [0.05, 0.1) is 0 Å². The van der Waals surface area contributed by atoms with Crippen LogP contribution in [-0.2, 0) is 0 Å². The van der Waals surface area contributed by atoms with Crippen molar-refractivity contribution < 1.29 is 0 Å². The lowest BCUT2D eigenvalue weighted by molar-refractivity contribution is 0.980. The van der Waals surface area contributed by atoms with E-state index in [1.165, 1.54) is 11.3 Å². The Bertz CT molecular complexity index is 392.